The molecule has 1 rings (SSSR count). The number of carbonyl (C=O) groups is 2. The molecule has 6 nitrogen and oxygen atoms in total. The van der Waals surface area contributed by atoms with Gasteiger partial charge in [-0.3, -0.25) is 0 Å². The number of aliphatic carboxylic acids is 2. The molecule has 0 amide bonds. The molecule has 0 saturated heterocycles. The fourth-order valence-corrected chi connectivity index (χ4v) is 1.92. The lowest BCUT2D eigenvalue weighted by Crippen LogP contribution is -2.15. The standard InChI is InChI=1S/C18H27NO.C2H2O4/c1-5-6-11-19-12-7-8-13-20-18-14-16(4)9-10-17(18)15(2)3;3-1(4)2(5)6/h9-10,14-15,19H,5-6,11-13H2,1-4H3;(H,3,4)(H,5,6). The van der Waals surface area contributed by atoms with Crippen molar-refractivity contribution in [2.75, 3.05) is 19.7 Å². The summed E-state index contributed by atoms with van der Waals surface area (Å²) in [5, 5.41) is 18.1. The minimum absolute atomic E-state index is 0.457. The van der Waals surface area contributed by atoms with Crippen LogP contribution < -0.4 is 10.1 Å². The molecule has 0 spiro atoms. The van der Waals surface area contributed by atoms with Crippen LogP contribution in [0.5, 0.6) is 5.75 Å². The third-order valence-electron chi connectivity index (χ3n) is 3.32. The van der Waals surface area contributed by atoms with Crippen LogP contribution in [0.3, 0.4) is 0 Å². The van der Waals surface area contributed by atoms with Crippen LogP contribution in [0.25, 0.3) is 0 Å². The van der Waals surface area contributed by atoms with E-state index in [0.717, 1.165) is 18.8 Å². The maximum absolute atomic E-state index is 9.10. The zero-order valence-electron chi connectivity index (χ0n) is 16.0. The zero-order chi connectivity index (χ0) is 19.9. The van der Waals surface area contributed by atoms with Crippen LogP contribution in [0.4, 0.5) is 0 Å². The molecule has 0 bridgehead atoms. The van der Waals surface area contributed by atoms with Crippen LogP contribution in [0.2, 0.25) is 0 Å². The summed E-state index contributed by atoms with van der Waals surface area (Å²) in [4.78, 5) is 18.2. The van der Waals surface area contributed by atoms with Crippen molar-refractivity contribution < 1.29 is 24.5 Å². The van der Waals surface area contributed by atoms with Gasteiger partial charge in [0, 0.05) is 0 Å². The largest absolute Gasteiger partial charge is 0.481 e. The molecule has 144 valence electrons. The van der Waals surface area contributed by atoms with Crippen LogP contribution in [0.15, 0.2) is 18.2 Å². The van der Waals surface area contributed by atoms with Crippen molar-refractivity contribution in [1.82, 2.24) is 5.32 Å². The van der Waals surface area contributed by atoms with Gasteiger partial charge in [0.05, 0.1) is 6.54 Å². The van der Waals surface area contributed by atoms with E-state index in [-0.39, 0.29) is 0 Å². The second-order valence-corrected chi connectivity index (χ2v) is 5.98. The number of hydrogen-bond acceptors (Lipinski definition) is 4. The lowest BCUT2D eigenvalue weighted by molar-refractivity contribution is -0.159. The molecule has 3 N–H and O–H groups in total. The maximum Gasteiger partial charge on any atom is 0.414 e. The van der Waals surface area contributed by atoms with Gasteiger partial charge in [0.15, 0.2) is 0 Å². The fraction of sp³-hybridized carbons (Fsp3) is 0.500. The van der Waals surface area contributed by atoms with E-state index in [4.69, 9.17) is 24.5 Å². The summed E-state index contributed by atoms with van der Waals surface area (Å²) in [5.74, 6) is 3.94. The van der Waals surface area contributed by atoms with Gasteiger partial charge in [-0.25, -0.2) is 9.59 Å². The Bertz CT molecular complexity index is 617. The first-order valence-corrected chi connectivity index (χ1v) is 8.65. The number of nitrogens with one attached hydrogen (secondary N) is 1. The average molecular weight is 363 g/mol. The first kappa shape index (κ1) is 23.5. The Hall–Kier alpha value is -2.52. The molecule has 26 heavy (non-hydrogen) atoms. The third-order valence-corrected chi connectivity index (χ3v) is 3.32. The Morgan fingerprint density at radius 3 is 2.38 bits per heavy atom. The van der Waals surface area contributed by atoms with Gasteiger partial charge < -0.3 is 20.3 Å². The lowest BCUT2D eigenvalue weighted by Gasteiger charge is -2.13. The minimum Gasteiger partial charge on any atom is -0.481 e. The summed E-state index contributed by atoms with van der Waals surface area (Å²) in [6.45, 7) is 10.9. The van der Waals surface area contributed by atoms with E-state index in [1.54, 1.807) is 0 Å². The van der Waals surface area contributed by atoms with Gasteiger partial charge in [-0.2, -0.15) is 0 Å². The van der Waals surface area contributed by atoms with Gasteiger partial charge in [0.1, 0.15) is 12.4 Å². The minimum atomic E-state index is -1.82. The number of ether oxygens (including phenoxy) is 1. The molecule has 0 aliphatic carbocycles. The van der Waals surface area contributed by atoms with Crippen LogP contribution >= 0.6 is 0 Å². The Labute approximate surface area is 155 Å². The summed E-state index contributed by atoms with van der Waals surface area (Å²) in [5.41, 5.74) is 2.47. The van der Waals surface area contributed by atoms with Gasteiger partial charge in [-0.05, 0) is 43.0 Å². The van der Waals surface area contributed by atoms with Crippen molar-refractivity contribution in [3.05, 3.63) is 29.3 Å². The van der Waals surface area contributed by atoms with Crippen molar-refractivity contribution in [2.24, 2.45) is 0 Å². The van der Waals surface area contributed by atoms with Crippen molar-refractivity contribution in [3.63, 3.8) is 0 Å². The summed E-state index contributed by atoms with van der Waals surface area (Å²) in [7, 11) is 0. The molecular formula is C20H29NO5. The molecule has 0 saturated carbocycles. The number of rotatable bonds is 7. The third kappa shape index (κ3) is 11.1. The number of unbranched alkanes of at least 4 members (excludes halogenated alkanes) is 1. The molecule has 6 heteroatoms. The molecule has 0 aliphatic rings. The van der Waals surface area contributed by atoms with Crippen molar-refractivity contribution in [1.29, 1.82) is 0 Å². The van der Waals surface area contributed by atoms with Gasteiger partial charge in [0.25, 0.3) is 0 Å². The van der Waals surface area contributed by atoms with E-state index >= 15 is 0 Å². The SMILES string of the molecule is CCCCNCC#CCOc1cc(C)ccc1C(C)C.O=C(O)C(=O)O. The van der Waals surface area contributed by atoms with E-state index < -0.39 is 11.9 Å². The van der Waals surface area contributed by atoms with Crippen LogP contribution in [-0.2, 0) is 9.59 Å². The molecule has 0 heterocycles. The van der Waals surface area contributed by atoms with E-state index in [1.165, 1.54) is 24.0 Å². The second-order valence-electron chi connectivity index (χ2n) is 5.98. The van der Waals surface area contributed by atoms with E-state index in [1.807, 2.05) is 0 Å². The monoisotopic (exact) mass is 363 g/mol. The number of aryl methyl sites for hydroxylation is 1. The lowest BCUT2D eigenvalue weighted by atomic mass is 10.0. The van der Waals surface area contributed by atoms with Gasteiger partial charge in [0.2, 0.25) is 0 Å². The number of hydrogen-bond donors (Lipinski definition) is 3. The summed E-state index contributed by atoms with van der Waals surface area (Å²) >= 11 is 0. The molecule has 0 unspecified atom stereocenters. The van der Waals surface area contributed by atoms with E-state index in [0.29, 0.717) is 12.5 Å². The van der Waals surface area contributed by atoms with Crippen LogP contribution in [0, 0.1) is 18.8 Å². The zero-order valence-corrected chi connectivity index (χ0v) is 16.0. The highest BCUT2D eigenvalue weighted by atomic mass is 16.5. The second kappa shape index (κ2) is 13.7. The maximum atomic E-state index is 9.10. The summed E-state index contributed by atoms with van der Waals surface area (Å²) in [6.07, 6.45) is 2.42. The van der Waals surface area contributed by atoms with E-state index in [2.05, 4.69) is 63.1 Å². The van der Waals surface area contributed by atoms with Crippen LogP contribution in [-0.4, -0.2) is 41.8 Å². The molecule has 1 aromatic carbocycles. The molecular weight excluding hydrogens is 334 g/mol. The Morgan fingerprint density at radius 1 is 1.19 bits per heavy atom. The van der Waals surface area contributed by atoms with Gasteiger partial charge >= 0.3 is 11.9 Å². The molecule has 1 aromatic rings. The molecule has 0 atom stereocenters. The highest BCUT2D eigenvalue weighted by molar-refractivity contribution is 6.27. The van der Waals surface area contributed by atoms with Crippen LogP contribution in [0.1, 0.15) is 50.7 Å². The average Bonchev–Trinajstić information content (AvgIpc) is 2.57. The van der Waals surface area contributed by atoms with Crippen molar-refractivity contribution >= 4 is 11.9 Å². The van der Waals surface area contributed by atoms with Gasteiger partial charge in [-0.1, -0.05) is 51.2 Å². The quantitative estimate of drug-likeness (QED) is 0.391. The Morgan fingerprint density at radius 2 is 1.85 bits per heavy atom. The molecule has 0 fully saturated rings. The van der Waals surface area contributed by atoms with Crippen molar-refractivity contribution in [2.45, 2.75) is 46.5 Å². The predicted octanol–water partition coefficient (Wildman–Crippen LogP) is 3.05. The molecule has 0 aliphatic heterocycles. The van der Waals surface area contributed by atoms with Crippen molar-refractivity contribution in [3.8, 4) is 17.6 Å². The number of benzene rings is 1. The predicted molar refractivity (Wildman–Crippen MR) is 102 cm³/mol. The summed E-state index contributed by atoms with van der Waals surface area (Å²) < 4.78 is 5.81. The number of carboxylic acid groups (broad SMARTS) is 2. The van der Waals surface area contributed by atoms with Gasteiger partial charge in [-0.15, -0.1) is 0 Å². The smallest absolute Gasteiger partial charge is 0.414 e. The fourth-order valence-electron chi connectivity index (χ4n) is 1.92. The first-order valence-electron chi connectivity index (χ1n) is 8.65. The number of carboxylic acids is 2. The van der Waals surface area contributed by atoms with E-state index in [9.17, 15) is 0 Å². The highest BCUT2D eigenvalue weighted by Crippen LogP contribution is 2.27. The molecule has 0 radical (unpaired) electrons. The summed E-state index contributed by atoms with van der Waals surface area (Å²) in [6, 6.07) is 6.37. The first-order chi connectivity index (χ1) is 12.3. The normalized spacial score (nSPS) is 9.58. The molecule has 0 aromatic heterocycles. The Balaban J connectivity index is 0.000000896. The topological polar surface area (TPSA) is 95.9 Å². The highest BCUT2D eigenvalue weighted by Gasteiger charge is 2.07. The Kier molecular flexibility index (Phi) is 12.4.